The van der Waals surface area contributed by atoms with Gasteiger partial charge in [0.2, 0.25) is 0 Å². The minimum absolute atomic E-state index is 0.144. The van der Waals surface area contributed by atoms with E-state index in [1.807, 2.05) is 24.3 Å². The lowest BCUT2D eigenvalue weighted by Crippen LogP contribution is -2.41. The number of para-hydroxylation sites is 1. The van der Waals surface area contributed by atoms with Crippen molar-refractivity contribution in [1.82, 2.24) is 9.47 Å². The average Bonchev–Trinajstić information content (AvgIpc) is 2.80. The Morgan fingerprint density at radius 2 is 1.96 bits per heavy atom. The van der Waals surface area contributed by atoms with E-state index in [0.29, 0.717) is 5.69 Å². The normalized spacial score (nSPS) is 11.1. The van der Waals surface area contributed by atoms with Crippen LogP contribution in [-0.2, 0) is 11.8 Å². The third-order valence-corrected chi connectivity index (χ3v) is 3.28. The lowest BCUT2D eigenvalue weighted by molar-refractivity contribution is 0.0261. The van der Waals surface area contributed by atoms with Gasteiger partial charge in [0.15, 0.2) is 0 Å². The Bertz CT molecular complexity index is 791. The Balaban J connectivity index is 2.39. The standard InChI is InChI=1S/C18H20N2O3/c1-6-11-20(17(22)23-18(2,3)4)16(21)15-12-13-9-7-8-10-14(13)19(15)5/h1,7-10,12H,11H2,2-5H3. The van der Waals surface area contributed by atoms with Crippen LogP contribution >= 0.6 is 0 Å². The molecule has 0 N–H and O–H groups in total. The van der Waals surface area contributed by atoms with Crippen molar-refractivity contribution in [2.24, 2.45) is 7.05 Å². The van der Waals surface area contributed by atoms with Gasteiger partial charge in [0.05, 0.1) is 6.54 Å². The quantitative estimate of drug-likeness (QED) is 0.800. The van der Waals surface area contributed by atoms with Crippen LogP contribution in [0.5, 0.6) is 0 Å². The molecule has 1 aromatic carbocycles. The van der Waals surface area contributed by atoms with Crippen molar-refractivity contribution in [3.05, 3.63) is 36.0 Å². The summed E-state index contributed by atoms with van der Waals surface area (Å²) in [5.74, 6) is 1.86. The zero-order valence-electron chi connectivity index (χ0n) is 13.8. The molecule has 2 amide bonds. The summed E-state index contributed by atoms with van der Waals surface area (Å²) >= 11 is 0. The summed E-state index contributed by atoms with van der Waals surface area (Å²) in [6.07, 6.45) is 4.56. The van der Waals surface area contributed by atoms with Crippen molar-refractivity contribution in [1.29, 1.82) is 0 Å². The summed E-state index contributed by atoms with van der Waals surface area (Å²) < 4.78 is 7.01. The summed E-state index contributed by atoms with van der Waals surface area (Å²) in [4.78, 5) is 26.0. The topological polar surface area (TPSA) is 51.5 Å². The van der Waals surface area contributed by atoms with E-state index in [1.165, 1.54) is 0 Å². The van der Waals surface area contributed by atoms with Gasteiger partial charge in [-0.2, -0.15) is 0 Å². The summed E-state index contributed by atoms with van der Waals surface area (Å²) in [7, 11) is 1.78. The molecule has 0 aliphatic heterocycles. The Morgan fingerprint density at radius 1 is 1.30 bits per heavy atom. The fourth-order valence-corrected chi connectivity index (χ4v) is 2.26. The number of rotatable bonds is 2. The number of nitrogens with zero attached hydrogens (tertiary/aromatic N) is 2. The highest BCUT2D eigenvalue weighted by atomic mass is 16.6. The minimum Gasteiger partial charge on any atom is -0.443 e. The summed E-state index contributed by atoms with van der Waals surface area (Å²) in [5.41, 5.74) is 0.580. The number of fused-ring (bicyclic) bond motifs is 1. The maximum absolute atomic E-state index is 12.8. The lowest BCUT2D eigenvalue weighted by Gasteiger charge is -2.25. The molecule has 5 nitrogen and oxygen atoms in total. The third kappa shape index (κ3) is 3.54. The zero-order chi connectivity index (χ0) is 17.2. The maximum Gasteiger partial charge on any atom is 0.418 e. The molecule has 1 heterocycles. The van der Waals surface area contributed by atoms with Crippen LogP contribution in [0.2, 0.25) is 0 Å². The van der Waals surface area contributed by atoms with Gasteiger partial charge >= 0.3 is 6.09 Å². The first-order valence-corrected chi connectivity index (χ1v) is 7.27. The first kappa shape index (κ1) is 16.6. The fourth-order valence-electron chi connectivity index (χ4n) is 2.26. The molecule has 0 aliphatic carbocycles. The van der Waals surface area contributed by atoms with Crippen molar-refractivity contribution in [3.63, 3.8) is 0 Å². The van der Waals surface area contributed by atoms with Gasteiger partial charge in [-0.15, -0.1) is 6.42 Å². The Kier molecular flexibility index (Phi) is 4.46. The number of carbonyl (C=O) groups excluding carboxylic acids is 2. The molecule has 2 rings (SSSR count). The van der Waals surface area contributed by atoms with Crippen LogP contribution < -0.4 is 0 Å². The molecular weight excluding hydrogens is 292 g/mol. The van der Waals surface area contributed by atoms with Gasteiger partial charge in [0.1, 0.15) is 11.3 Å². The second-order valence-corrected chi connectivity index (χ2v) is 6.22. The van der Waals surface area contributed by atoms with E-state index in [-0.39, 0.29) is 6.54 Å². The predicted octanol–water partition coefficient (Wildman–Crippen LogP) is 3.19. The highest BCUT2D eigenvalue weighted by Crippen LogP contribution is 2.20. The molecular formula is C18H20N2O3. The number of carbonyl (C=O) groups is 2. The largest absolute Gasteiger partial charge is 0.443 e. The van der Waals surface area contributed by atoms with Crippen LogP contribution in [0.1, 0.15) is 31.3 Å². The van der Waals surface area contributed by atoms with Crippen LogP contribution in [0.3, 0.4) is 0 Å². The second-order valence-electron chi connectivity index (χ2n) is 6.22. The molecule has 1 aromatic heterocycles. The summed E-state index contributed by atoms with van der Waals surface area (Å²) in [6, 6.07) is 9.34. The number of aryl methyl sites for hydroxylation is 1. The number of benzene rings is 1. The smallest absolute Gasteiger partial charge is 0.418 e. The zero-order valence-corrected chi connectivity index (χ0v) is 13.8. The van der Waals surface area contributed by atoms with Gasteiger partial charge < -0.3 is 9.30 Å². The molecule has 5 heteroatoms. The molecule has 0 saturated heterocycles. The van der Waals surface area contributed by atoms with Crippen LogP contribution in [0, 0.1) is 12.3 Å². The van der Waals surface area contributed by atoms with E-state index in [9.17, 15) is 9.59 Å². The predicted molar refractivity (Wildman–Crippen MR) is 89.0 cm³/mol. The number of imide groups is 1. The first-order chi connectivity index (χ1) is 10.7. The highest BCUT2D eigenvalue weighted by molar-refractivity contribution is 6.05. The Hall–Kier alpha value is -2.74. The molecule has 0 unspecified atom stereocenters. The number of aromatic nitrogens is 1. The molecule has 0 fully saturated rings. The van der Waals surface area contributed by atoms with Crippen molar-refractivity contribution < 1.29 is 14.3 Å². The van der Waals surface area contributed by atoms with Crippen molar-refractivity contribution in [2.75, 3.05) is 6.54 Å². The average molecular weight is 312 g/mol. The van der Waals surface area contributed by atoms with Crippen LogP contribution in [-0.4, -0.2) is 33.6 Å². The first-order valence-electron chi connectivity index (χ1n) is 7.27. The fraction of sp³-hybridized carbons (Fsp3) is 0.333. The maximum atomic E-state index is 12.8. The number of terminal acetylenes is 1. The van der Waals surface area contributed by atoms with Gasteiger partial charge in [0.25, 0.3) is 5.91 Å². The molecule has 0 radical (unpaired) electrons. The van der Waals surface area contributed by atoms with E-state index in [0.717, 1.165) is 15.8 Å². The summed E-state index contributed by atoms with van der Waals surface area (Å²) in [5, 5.41) is 0.920. The SMILES string of the molecule is C#CCN(C(=O)OC(C)(C)C)C(=O)c1cc2ccccc2n1C. The number of ether oxygens (including phenoxy) is 1. The van der Waals surface area contributed by atoms with Crippen LogP contribution in [0.15, 0.2) is 30.3 Å². The monoisotopic (exact) mass is 312 g/mol. The second kappa shape index (κ2) is 6.17. The molecule has 120 valence electrons. The Morgan fingerprint density at radius 3 is 2.52 bits per heavy atom. The third-order valence-electron chi connectivity index (χ3n) is 3.28. The van der Waals surface area contributed by atoms with Gasteiger partial charge in [-0.05, 0) is 32.9 Å². The molecule has 23 heavy (non-hydrogen) atoms. The van der Waals surface area contributed by atoms with Gasteiger partial charge in [0, 0.05) is 18.0 Å². The molecule has 0 bridgehead atoms. The van der Waals surface area contributed by atoms with Gasteiger partial charge in [-0.1, -0.05) is 24.1 Å². The van der Waals surface area contributed by atoms with Gasteiger partial charge in [-0.3, -0.25) is 4.79 Å². The molecule has 0 saturated carbocycles. The van der Waals surface area contributed by atoms with E-state index in [4.69, 9.17) is 11.2 Å². The van der Waals surface area contributed by atoms with Crippen LogP contribution in [0.25, 0.3) is 10.9 Å². The van der Waals surface area contributed by atoms with E-state index in [1.54, 1.807) is 38.5 Å². The number of hydrogen-bond acceptors (Lipinski definition) is 3. The molecule has 0 atom stereocenters. The molecule has 0 aliphatic rings. The minimum atomic E-state index is -0.745. The van der Waals surface area contributed by atoms with Crippen molar-refractivity contribution in [2.45, 2.75) is 26.4 Å². The number of amides is 2. The molecule has 2 aromatic rings. The van der Waals surface area contributed by atoms with E-state index >= 15 is 0 Å². The Labute approximate surface area is 135 Å². The summed E-state index contributed by atoms with van der Waals surface area (Å²) in [6.45, 7) is 5.07. The van der Waals surface area contributed by atoms with Crippen molar-refractivity contribution >= 4 is 22.9 Å². The molecule has 0 spiro atoms. The number of hydrogen-bond donors (Lipinski definition) is 0. The highest BCUT2D eigenvalue weighted by Gasteiger charge is 2.29. The van der Waals surface area contributed by atoms with Gasteiger partial charge in [-0.25, -0.2) is 9.69 Å². The van der Waals surface area contributed by atoms with Crippen LogP contribution in [0.4, 0.5) is 4.79 Å². The lowest BCUT2D eigenvalue weighted by atomic mass is 10.2. The van der Waals surface area contributed by atoms with E-state index in [2.05, 4.69) is 5.92 Å². The van der Waals surface area contributed by atoms with Crippen molar-refractivity contribution in [3.8, 4) is 12.3 Å². The van der Waals surface area contributed by atoms with E-state index < -0.39 is 17.6 Å².